The highest BCUT2D eigenvalue weighted by atomic mass is 16.1. The first-order valence-electron chi connectivity index (χ1n) is 5.21. The number of hydrogen-bond acceptors (Lipinski definition) is 2. The number of hydrogen-bond donors (Lipinski definition) is 0. The fourth-order valence-electron chi connectivity index (χ4n) is 1.75. The van der Waals surface area contributed by atoms with Crippen LogP contribution in [0.4, 0.5) is 0 Å². The largest absolute Gasteiger partial charge is 0.295 e. The van der Waals surface area contributed by atoms with Crippen LogP contribution in [0.15, 0.2) is 42.6 Å². The quantitative estimate of drug-likeness (QED) is 0.714. The monoisotopic (exact) mass is 211 g/mol. The number of Topliss-reactive ketones (excluding diaryl/α,β-unsaturated/α-hetero) is 1. The highest BCUT2D eigenvalue weighted by molar-refractivity contribution is 5.96. The molecule has 0 aliphatic rings. The van der Waals surface area contributed by atoms with Gasteiger partial charge < -0.3 is 0 Å². The van der Waals surface area contributed by atoms with Gasteiger partial charge in [-0.3, -0.25) is 9.78 Å². The molecule has 0 bridgehead atoms. The van der Waals surface area contributed by atoms with Crippen molar-refractivity contribution in [2.24, 2.45) is 0 Å². The lowest BCUT2D eigenvalue weighted by Crippen LogP contribution is -1.96. The van der Waals surface area contributed by atoms with E-state index in [0.717, 1.165) is 22.4 Å². The van der Waals surface area contributed by atoms with E-state index in [0.29, 0.717) is 0 Å². The normalized spacial score (nSPS) is 10.1. The summed E-state index contributed by atoms with van der Waals surface area (Å²) in [4.78, 5) is 15.6. The van der Waals surface area contributed by atoms with E-state index in [4.69, 9.17) is 0 Å². The summed E-state index contributed by atoms with van der Waals surface area (Å²) in [7, 11) is 0. The number of ketones is 1. The number of aryl methyl sites for hydroxylation is 1. The highest BCUT2D eigenvalue weighted by Crippen LogP contribution is 2.20. The van der Waals surface area contributed by atoms with Crippen molar-refractivity contribution in [2.45, 2.75) is 13.8 Å². The number of rotatable bonds is 2. The van der Waals surface area contributed by atoms with E-state index >= 15 is 0 Å². The Bertz CT molecular complexity index is 518. The Hall–Kier alpha value is -1.96. The Morgan fingerprint density at radius 1 is 1.19 bits per heavy atom. The van der Waals surface area contributed by atoms with E-state index in [-0.39, 0.29) is 5.78 Å². The van der Waals surface area contributed by atoms with Crippen LogP contribution < -0.4 is 0 Å². The van der Waals surface area contributed by atoms with Crippen LogP contribution in [0.1, 0.15) is 22.8 Å². The third kappa shape index (κ3) is 2.01. The van der Waals surface area contributed by atoms with Crippen molar-refractivity contribution in [3.05, 3.63) is 53.7 Å². The molecule has 0 spiro atoms. The van der Waals surface area contributed by atoms with Gasteiger partial charge in [-0.1, -0.05) is 18.2 Å². The Balaban J connectivity index is 2.46. The molecule has 1 aromatic heterocycles. The maximum atomic E-state index is 11.3. The van der Waals surface area contributed by atoms with Crippen LogP contribution in [0.3, 0.4) is 0 Å². The smallest absolute Gasteiger partial charge is 0.160 e. The zero-order valence-electron chi connectivity index (χ0n) is 9.40. The molecule has 1 aromatic carbocycles. The first-order valence-corrected chi connectivity index (χ1v) is 5.21. The van der Waals surface area contributed by atoms with E-state index in [1.54, 1.807) is 13.1 Å². The van der Waals surface area contributed by atoms with Gasteiger partial charge in [-0.2, -0.15) is 0 Å². The van der Waals surface area contributed by atoms with Gasteiger partial charge in [-0.05, 0) is 37.6 Å². The molecule has 0 unspecified atom stereocenters. The number of carbonyl (C=O) groups excluding carboxylic acids is 1. The zero-order chi connectivity index (χ0) is 11.5. The predicted molar refractivity (Wildman–Crippen MR) is 64.4 cm³/mol. The van der Waals surface area contributed by atoms with Crippen LogP contribution in [0, 0.1) is 6.92 Å². The fraction of sp³-hybridized carbons (Fsp3) is 0.143. The molecule has 0 aliphatic carbocycles. The van der Waals surface area contributed by atoms with Gasteiger partial charge in [0.2, 0.25) is 0 Å². The molecule has 0 atom stereocenters. The summed E-state index contributed by atoms with van der Waals surface area (Å²) >= 11 is 0. The molecule has 2 aromatic rings. The summed E-state index contributed by atoms with van der Waals surface area (Å²) < 4.78 is 0. The van der Waals surface area contributed by atoms with Crippen molar-refractivity contribution >= 4 is 5.78 Å². The van der Waals surface area contributed by atoms with Gasteiger partial charge in [0.25, 0.3) is 0 Å². The van der Waals surface area contributed by atoms with Gasteiger partial charge in [0, 0.05) is 17.3 Å². The van der Waals surface area contributed by atoms with Crippen molar-refractivity contribution in [1.29, 1.82) is 0 Å². The standard InChI is InChI=1S/C14H13NO/c1-10-9-12(6-7-13(10)11(2)16)14-5-3-4-8-15-14/h3-9H,1-2H3. The Morgan fingerprint density at radius 2 is 2.00 bits per heavy atom. The molecule has 0 radical (unpaired) electrons. The average Bonchev–Trinajstić information content (AvgIpc) is 2.29. The lowest BCUT2D eigenvalue weighted by molar-refractivity contribution is 0.101. The number of nitrogens with zero attached hydrogens (tertiary/aromatic N) is 1. The number of pyridine rings is 1. The van der Waals surface area contributed by atoms with Crippen LogP contribution in [0.25, 0.3) is 11.3 Å². The molecule has 0 saturated heterocycles. The molecule has 0 aliphatic heterocycles. The summed E-state index contributed by atoms with van der Waals surface area (Å²) in [5.74, 6) is 0.102. The average molecular weight is 211 g/mol. The Labute approximate surface area is 95.0 Å². The SMILES string of the molecule is CC(=O)c1ccc(-c2ccccn2)cc1C. The van der Waals surface area contributed by atoms with Crippen molar-refractivity contribution in [3.8, 4) is 11.3 Å². The first-order chi connectivity index (χ1) is 7.68. The maximum Gasteiger partial charge on any atom is 0.160 e. The van der Waals surface area contributed by atoms with E-state index in [1.807, 2.05) is 43.3 Å². The van der Waals surface area contributed by atoms with Gasteiger partial charge >= 0.3 is 0 Å². The highest BCUT2D eigenvalue weighted by Gasteiger charge is 2.05. The molecule has 0 amide bonds. The molecular weight excluding hydrogens is 198 g/mol. The van der Waals surface area contributed by atoms with Crippen molar-refractivity contribution < 1.29 is 4.79 Å². The molecule has 0 saturated carbocycles. The third-order valence-corrected chi connectivity index (χ3v) is 2.57. The number of aromatic nitrogens is 1. The molecule has 2 heteroatoms. The van der Waals surface area contributed by atoms with Crippen molar-refractivity contribution in [1.82, 2.24) is 4.98 Å². The molecule has 0 N–H and O–H groups in total. The van der Waals surface area contributed by atoms with Gasteiger partial charge in [0.05, 0.1) is 5.69 Å². The van der Waals surface area contributed by atoms with Crippen LogP contribution in [-0.4, -0.2) is 10.8 Å². The minimum Gasteiger partial charge on any atom is -0.295 e. The van der Waals surface area contributed by atoms with Crippen LogP contribution in [-0.2, 0) is 0 Å². The molecule has 0 fully saturated rings. The van der Waals surface area contributed by atoms with Crippen LogP contribution >= 0.6 is 0 Å². The summed E-state index contributed by atoms with van der Waals surface area (Å²) in [6.07, 6.45) is 1.77. The van der Waals surface area contributed by atoms with E-state index < -0.39 is 0 Å². The minimum atomic E-state index is 0.102. The van der Waals surface area contributed by atoms with Gasteiger partial charge in [0.1, 0.15) is 0 Å². The van der Waals surface area contributed by atoms with Crippen LogP contribution in [0.5, 0.6) is 0 Å². The van der Waals surface area contributed by atoms with Crippen molar-refractivity contribution in [2.75, 3.05) is 0 Å². The molecule has 2 nitrogen and oxygen atoms in total. The molecule has 80 valence electrons. The first kappa shape index (κ1) is 10.6. The van der Waals surface area contributed by atoms with E-state index in [1.165, 1.54) is 0 Å². The fourth-order valence-corrected chi connectivity index (χ4v) is 1.75. The van der Waals surface area contributed by atoms with E-state index in [2.05, 4.69) is 4.98 Å². The van der Waals surface area contributed by atoms with Gasteiger partial charge in [-0.15, -0.1) is 0 Å². The number of carbonyl (C=O) groups is 1. The predicted octanol–water partition coefficient (Wildman–Crippen LogP) is 3.26. The lowest BCUT2D eigenvalue weighted by Gasteiger charge is -2.05. The second-order valence-electron chi connectivity index (χ2n) is 3.80. The zero-order valence-corrected chi connectivity index (χ0v) is 9.40. The Morgan fingerprint density at radius 3 is 2.56 bits per heavy atom. The summed E-state index contributed by atoms with van der Waals surface area (Å²) in [5.41, 5.74) is 3.75. The lowest BCUT2D eigenvalue weighted by atomic mass is 10.0. The van der Waals surface area contributed by atoms with Crippen LogP contribution in [0.2, 0.25) is 0 Å². The molecular formula is C14H13NO. The second kappa shape index (κ2) is 4.27. The van der Waals surface area contributed by atoms with Gasteiger partial charge in [0.15, 0.2) is 5.78 Å². The van der Waals surface area contributed by atoms with E-state index in [9.17, 15) is 4.79 Å². The Kier molecular flexibility index (Phi) is 2.82. The minimum absolute atomic E-state index is 0.102. The summed E-state index contributed by atoms with van der Waals surface area (Å²) in [6, 6.07) is 11.6. The second-order valence-corrected chi connectivity index (χ2v) is 3.80. The summed E-state index contributed by atoms with van der Waals surface area (Å²) in [6.45, 7) is 3.53. The maximum absolute atomic E-state index is 11.3. The third-order valence-electron chi connectivity index (χ3n) is 2.57. The molecule has 1 heterocycles. The molecule has 2 rings (SSSR count). The summed E-state index contributed by atoms with van der Waals surface area (Å²) in [5, 5.41) is 0. The molecule has 16 heavy (non-hydrogen) atoms. The van der Waals surface area contributed by atoms with Crippen molar-refractivity contribution in [3.63, 3.8) is 0 Å². The van der Waals surface area contributed by atoms with Gasteiger partial charge in [-0.25, -0.2) is 0 Å². The number of benzene rings is 1. The topological polar surface area (TPSA) is 30.0 Å².